The molecule has 0 spiro atoms. The quantitative estimate of drug-likeness (QED) is 0.837. The zero-order valence-corrected chi connectivity index (χ0v) is 13.5. The van der Waals surface area contributed by atoms with Crippen LogP contribution in [0.25, 0.3) is 0 Å². The maximum Gasteiger partial charge on any atom is 0.224 e. The molecular formula is C16H14F3NO3S. The van der Waals surface area contributed by atoms with Crippen LogP contribution < -0.4 is 5.32 Å². The minimum Gasteiger partial charge on any atom is -0.324 e. The lowest BCUT2D eigenvalue weighted by molar-refractivity contribution is -0.116. The Morgan fingerprint density at radius 3 is 2.29 bits per heavy atom. The van der Waals surface area contributed by atoms with E-state index in [2.05, 4.69) is 5.32 Å². The van der Waals surface area contributed by atoms with E-state index >= 15 is 0 Å². The molecule has 0 fully saturated rings. The summed E-state index contributed by atoms with van der Waals surface area (Å²) in [6, 6.07) is 6.35. The predicted octanol–water partition coefficient (Wildman–Crippen LogP) is 3.08. The number of halogens is 3. The summed E-state index contributed by atoms with van der Waals surface area (Å²) < 4.78 is 62.5. The second-order valence-corrected chi connectivity index (χ2v) is 7.23. The number of carbonyl (C=O) groups excluding carboxylic acids is 1. The third kappa shape index (κ3) is 4.58. The van der Waals surface area contributed by atoms with Gasteiger partial charge in [0.25, 0.3) is 0 Å². The van der Waals surface area contributed by atoms with Crippen molar-refractivity contribution in [3.05, 3.63) is 59.4 Å². The predicted molar refractivity (Wildman–Crippen MR) is 82.8 cm³/mol. The molecule has 2 aromatic rings. The Hall–Kier alpha value is -2.35. The van der Waals surface area contributed by atoms with Crippen LogP contribution in [-0.4, -0.2) is 20.6 Å². The van der Waals surface area contributed by atoms with Crippen molar-refractivity contribution in [2.24, 2.45) is 0 Å². The van der Waals surface area contributed by atoms with Gasteiger partial charge in [-0.2, -0.15) is 0 Å². The van der Waals surface area contributed by atoms with Crippen molar-refractivity contribution in [1.29, 1.82) is 0 Å². The van der Waals surface area contributed by atoms with E-state index in [-0.39, 0.29) is 23.4 Å². The minimum atomic E-state index is -3.54. The summed E-state index contributed by atoms with van der Waals surface area (Å²) in [5, 5.41) is 2.27. The molecule has 128 valence electrons. The van der Waals surface area contributed by atoms with Crippen LogP contribution in [0.1, 0.15) is 12.0 Å². The van der Waals surface area contributed by atoms with Crippen molar-refractivity contribution in [3.63, 3.8) is 0 Å². The SMILES string of the molecule is CS(=O)(=O)c1ccc(F)c(NC(=O)CCc2ccc(F)c(F)c2)c1. The zero-order chi connectivity index (χ0) is 17.9. The molecule has 8 heteroatoms. The Morgan fingerprint density at radius 2 is 1.67 bits per heavy atom. The lowest BCUT2D eigenvalue weighted by atomic mass is 10.1. The van der Waals surface area contributed by atoms with Gasteiger partial charge in [0.1, 0.15) is 5.82 Å². The van der Waals surface area contributed by atoms with E-state index in [1.165, 1.54) is 6.07 Å². The van der Waals surface area contributed by atoms with Crippen LogP contribution in [0, 0.1) is 17.5 Å². The van der Waals surface area contributed by atoms with Crippen LogP contribution in [0.4, 0.5) is 18.9 Å². The second-order valence-electron chi connectivity index (χ2n) is 5.21. The summed E-state index contributed by atoms with van der Waals surface area (Å²) >= 11 is 0. The second kappa shape index (κ2) is 7.04. The molecule has 0 heterocycles. The molecule has 0 aromatic heterocycles. The summed E-state index contributed by atoms with van der Waals surface area (Å²) in [7, 11) is -3.54. The first-order valence-electron chi connectivity index (χ1n) is 6.90. The van der Waals surface area contributed by atoms with Crippen LogP contribution in [0.5, 0.6) is 0 Å². The average molecular weight is 357 g/mol. The maximum absolute atomic E-state index is 13.7. The highest BCUT2D eigenvalue weighted by atomic mass is 32.2. The van der Waals surface area contributed by atoms with Crippen LogP contribution in [-0.2, 0) is 21.1 Å². The van der Waals surface area contributed by atoms with Crippen molar-refractivity contribution in [2.45, 2.75) is 17.7 Å². The molecule has 0 unspecified atom stereocenters. The van der Waals surface area contributed by atoms with Gasteiger partial charge in [-0.3, -0.25) is 4.79 Å². The Morgan fingerprint density at radius 1 is 1.00 bits per heavy atom. The van der Waals surface area contributed by atoms with E-state index < -0.39 is 33.2 Å². The molecule has 2 aromatic carbocycles. The first kappa shape index (κ1) is 18.0. The van der Waals surface area contributed by atoms with Crippen LogP contribution in [0.2, 0.25) is 0 Å². The fraction of sp³-hybridized carbons (Fsp3) is 0.188. The van der Waals surface area contributed by atoms with Crippen molar-refractivity contribution in [2.75, 3.05) is 11.6 Å². The summed E-state index contributed by atoms with van der Waals surface area (Å²) in [6.07, 6.45) is 0.985. The number of nitrogens with one attached hydrogen (secondary N) is 1. The fourth-order valence-corrected chi connectivity index (χ4v) is 2.64. The lowest BCUT2D eigenvalue weighted by Gasteiger charge is -2.08. The number of aryl methyl sites for hydroxylation is 1. The Balaban J connectivity index is 2.05. The highest BCUT2D eigenvalue weighted by Crippen LogP contribution is 2.20. The molecule has 1 N–H and O–H groups in total. The Kier molecular flexibility index (Phi) is 5.28. The van der Waals surface area contributed by atoms with Crippen molar-refractivity contribution in [3.8, 4) is 0 Å². The average Bonchev–Trinajstić information content (AvgIpc) is 2.49. The molecule has 0 aliphatic heterocycles. The first-order chi connectivity index (χ1) is 11.2. The largest absolute Gasteiger partial charge is 0.324 e. The number of hydrogen-bond acceptors (Lipinski definition) is 3. The molecular weight excluding hydrogens is 343 g/mol. The third-order valence-electron chi connectivity index (χ3n) is 3.26. The van der Waals surface area contributed by atoms with Gasteiger partial charge in [-0.1, -0.05) is 6.07 Å². The number of rotatable bonds is 5. The van der Waals surface area contributed by atoms with E-state index in [0.29, 0.717) is 5.56 Å². The van der Waals surface area contributed by atoms with E-state index in [1.54, 1.807) is 0 Å². The molecule has 0 bridgehead atoms. The van der Waals surface area contributed by atoms with E-state index in [9.17, 15) is 26.4 Å². The fourth-order valence-electron chi connectivity index (χ4n) is 2.00. The summed E-state index contributed by atoms with van der Waals surface area (Å²) in [6.45, 7) is 0. The topological polar surface area (TPSA) is 63.2 Å². The molecule has 0 aliphatic rings. The monoisotopic (exact) mass is 357 g/mol. The van der Waals surface area contributed by atoms with E-state index in [4.69, 9.17) is 0 Å². The maximum atomic E-state index is 13.7. The van der Waals surface area contributed by atoms with Gasteiger partial charge in [0.15, 0.2) is 21.5 Å². The van der Waals surface area contributed by atoms with Crippen molar-refractivity contribution >= 4 is 21.4 Å². The number of benzene rings is 2. The molecule has 24 heavy (non-hydrogen) atoms. The number of amides is 1. The van der Waals surface area contributed by atoms with E-state index in [1.807, 2.05) is 0 Å². The third-order valence-corrected chi connectivity index (χ3v) is 4.38. The molecule has 0 atom stereocenters. The van der Waals surface area contributed by atoms with E-state index in [0.717, 1.165) is 36.6 Å². The molecule has 0 radical (unpaired) electrons. The summed E-state index contributed by atoms with van der Waals surface area (Å²) in [4.78, 5) is 11.7. The van der Waals surface area contributed by atoms with Gasteiger partial charge in [0.05, 0.1) is 10.6 Å². The van der Waals surface area contributed by atoms with Gasteiger partial charge in [-0.05, 0) is 42.3 Å². The Labute approximate surface area is 137 Å². The van der Waals surface area contributed by atoms with Gasteiger partial charge < -0.3 is 5.32 Å². The van der Waals surface area contributed by atoms with Gasteiger partial charge in [-0.15, -0.1) is 0 Å². The molecule has 0 saturated carbocycles. The number of carbonyl (C=O) groups is 1. The standard InChI is InChI=1S/C16H14F3NO3S/c1-24(22,23)11-4-6-13(18)15(9-11)20-16(21)7-3-10-2-5-12(17)14(19)8-10/h2,4-6,8-9H,3,7H2,1H3,(H,20,21). The highest BCUT2D eigenvalue weighted by Gasteiger charge is 2.13. The van der Waals surface area contributed by atoms with Gasteiger partial charge in [0, 0.05) is 12.7 Å². The van der Waals surface area contributed by atoms with Gasteiger partial charge in [0.2, 0.25) is 5.91 Å². The zero-order valence-electron chi connectivity index (χ0n) is 12.6. The van der Waals surface area contributed by atoms with Crippen molar-refractivity contribution < 1.29 is 26.4 Å². The molecule has 0 aliphatic carbocycles. The normalized spacial score (nSPS) is 11.3. The summed E-state index contributed by atoms with van der Waals surface area (Å²) in [5.74, 6) is -3.35. The van der Waals surface area contributed by atoms with Gasteiger partial charge >= 0.3 is 0 Å². The lowest BCUT2D eigenvalue weighted by Crippen LogP contribution is -2.14. The molecule has 1 amide bonds. The summed E-state index contributed by atoms with van der Waals surface area (Å²) in [5.41, 5.74) is 0.155. The smallest absolute Gasteiger partial charge is 0.224 e. The number of anilines is 1. The first-order valence-corrected chi connectivity index (χ1v) is 8.79. The minimum absolute atomic E-state index is 0.104. The molecule has 2 rings (SSSR count). The van der Waals surface area contributed by atoms with Crippen LogP contribution in [0.15, 0.2) is 41.3 Å². The highest BCUT2D eigenvalue weighted by molar-refractivity contribution is 7.90. The van der Waals surface area contributed by atoms with Gasteiger partial charge in [-0.25, -0.2) is 21.6 Å². The number of sulfone groups is 1. The van der Waals surface area contributed by atoms with Crippen LogP contribution in [0.3, 0.4) is 0 Å². The Bertz CT molecular complexity index is 882. The molecule has 4 nitrogen and oxygen atoms in total. The number of hydrogen-bond donors (Lipinski definition) is 1. The van der Waals surface area contributed by atoms with Crippen LogP contribution >= 0.6 is 0 Å². The van der Waals surface area contributed by atoms with Crippen molar-refractivity contribution in [1.82, 2.24) is 0 Å². The molecule has 0 saturated heterocycles.